The van der Waals surface area contributed by atoms with Gasteiger partial charge < -0.3 is 18.6 Å². The van der Waals surface area contributed by atoms with Gasteiger partial charge in [0.25, 0.3) is 0 Å². The number of rotatable bonds is 4. The molecule has 0 N–H and O–H groups in total. The highest BCUT2D eigenvalue weighted by atomic mass is 16.5. The number of para-hydroxylation sites is 1. The largest absolute Gasteiger partial charge is 0.496 e. The van der Waals surface area contributed by atoms with Crippen molar-refractivity contribution in [3.63, 3.8) is 0 Å². The van der Waals surface area contributed by atoms with Gasteiger partial charge in [-0.1, -0.05) is 12.1 Å². The number of hydrogen-bond acceptors (Lipinski definition) is 7. The molecule has 0 fully saturated rings. The van der Waals surface area contributed by atoms with Gasteiger partial charge in [-0.3, -0.25) is 0 Å². The molecule has 21 heavy (non-hydrogen) atoms. The summed E-state index contributed by atoms with van der Waals surface area (Å²) >= 11 is 0. The van der Waals surface area contributed by atoms with E-state index in [0.29, 0.717) is 11.3 Å². The van der Waals surface area contributed by atoms with Gasteiger partial charge in [0.15, 0.2) is 0 Å². The molecule has 0 unspecified atom stereocenters. The summed E-state index contributed by atoms with van der Waals surface area (Å²) in [6.07, 6.45) is 0. The summed E-state index contributed by atoms with van der Waals surface area (Å²) in [5.74, 6) is -1.37. The number of hydrogen-bond donors (Lipinski definition) is 0. The number of methoxy groups -OCH3 is 3. The Bertz CT molecular complexity index is 642. The summed E-state index contributed by atoms with van der Waals surface area (Å²) in [5, 5.41) is 0. The quantitative estimate of drug-likeness (QED) is 0.795. The Hall–Kier alpha value is -2.83. The average molecular weight is 291 g/mol. The van der Waals surface area contributed by atoms with Crippen molar-refractivity contribution in [2.24, 2.45) is 0 Å². The van der Waals surface area contributed by atoms with Gasteiger partial charge in [-0.05, 0) is 12.1 Å². The van der Waals surface area contributed by atoms with E-state index in [-0.39, 0.29) is 17.3 Å². The van der Waals surface area contributed by atoms with Gasteiger partial charge in [0, 0.05) is 0 Å². The molecule has 2 aromatic rings. The van der Waals surface area contributed by atoms with Crippen LogP contribution in [0.15, 0.2) is 28.7 Å². The molecule has 0 bridgehead atoms. The van der Waals surface area contributed by atoms with Gasteiger partial charge >= 0.3 is 11.9 Å². The summed E-state index contributed by atoms with van der Waals surface area (Å²) in [4.78, 5) is 27.3. The van der Waals surface area contributed by atoms with E-state index in [1.165, 1.54) is 21.3 Å². The lowest BCUT2D eigenvalue weighted by Gasteiger charge is -2.03. The molecular formula is C14H13NO6. The van der Waals surface area contributed by atoms with E-state index in [0.717, 1.165) is 0 Å². The smallest absolute Gasteiger partial charge is 0.376 e. The van der Waals surface area contributed by atoms with Crippen LogP contribution >= 0.6 is 0 Å². The number of oxazole rings is 1. The van der Waals surface area contributed by atoms with Crippen molar-refractivity contribution in [3.05, 3.63) is 35.7 Å². The Morgan fingerprint density at radius 1 is 1.05 bits per heavy atom. The maximum Gasteiger partial charge on any atom is 0.376 e. The molecule has 7 heteroatoms. The fourth-order valence-corrected chi connectivity index (χ4v) is 1.72. The van der Waals surface area contributed by atoms with E-state index >= 15 is 0 Å². The molecule has 0 aliphatic carbocycles. The highest BCUT2D eigenvalue weighted by Crippen LogP contribution is 2.30. The van der Waals surface area contributed by atoms with E-state index < -0.39 is 11.9 Å². The zero-order valence-electron chi connectivity index (χ0n) is 11.7. The van der Waals surface area contributed by atoms with Gasteiger partial charge in [0.05, 0.1) is 26.9 Å². The average Bonchev–Trinajstić information content (AvgIpc) is 2.98. The maximum absolute atomic E-state index is 11.7. The van der Waals surface area contributed by atoms with Crippen LogP contribution in [-0.4, -0.2) is 38.3 Å². The number of carbonyl (C=O) groups is 2. The van der Waals surface area contributed by atoms with Crippen LogP contribution < -0.4 is 4.74 Å². The summed E-state index contributed by atoms with van der Waals surface area (Å²) < 4.78 is 19.7. The molecule has 0 saturated heterocycles. The first kappa shape index (κ1) is 14.6. The molecule has 0 atom stereocenters. The Balaban J connectivity index is 2.58. The monoisotopic (exact) mass is 291 g/mol. The van der Waals surface area contributed by atoms with Crippen LogP contribution in [0.2, 0.25) is 0 Å². The van der Waals surface area contributed by atoms with Crippen LogP contribution in [0.5, 0.6) is 5.75 Å². The number of aromatic nitrogens is 1. The molecule has 0 spiro atoms. The van der Waals surface area contributed by atoms with Crippen molar-refractivity contribution in [3.8, 4) is 17.2 Å². The molecule has 0 amide bonds. The third-order valence-corrected chi connectivity index (χ3v) is 2.71. The second-order valence-corrected chi connectivity index (χ2v) is 3.88. The van der Waals surface area contributed by atoms with Crippen molar-refractivity contribution in [1.82, 2.24) is 4.98 Å². The van der Waals surface area contributed by atoms with Crippen LogP contribution in [0.4, 0.5) is 0 Å². The van der Waals surface area contributed by atoms with E-state index in [2.05, 4.69) is 14.5 Å². The summed E-state index contributed by atoms with van der Waals surface area (Å²) in [7, 11) is 3.85. The molecule has 1 aromatic heterocycles. The van der Waals surface area contributed by atoms with Crippen molar-refractivity contribution < 1.29 is 28.2 Å². The van der Waals surface area contributed by atoms with Crippen molar-refractivity contribution in [1.29, 1.82) is 0 Å². The topological polar surface area (TPSA) is 87.9 Å². The molecule has 7 nitrogen and oxygen atoms in total. The third kappa shape index (κ3) is 2.71. The summed E-state index contributed by atoms with van der Waals surface area (Å²) in [6.45, 7) is 0. The van der Waals surface area contributed by atoms with Crippen LogP contribution in [-0.2, 0) is 9.47 Å². The molecule has 0 aliphatic heterocycles. The van der Waals surface area contributed by atoms with Gasteiger partial charge in [-0.25, -0.2) is 14.6 Å². The first-order valence-corrected chi connectivity index (χ1v) is 5.93. The molecule has 110 valence electrons. The normalized spacial score (nSPS) is 10.0. The maximum atomic E-state index is 11.7. The van der Waals surface area contributed by atoms with Gasteiger partial charge in [0.2, 0.25) is 17.3 Å². The molecule has 0 aliphatic rings. The lowest BCUT2D eigenvalue weighted by Crippen LogP contribution is -2.10. The van der Waals surface area contributed by atoms with Gasteiger partial charge in [-0.2, -0.15) is 0 Å². The zero-order chi connectivity index (χ0) is 15.4. The van der Waals surface area contributed by atoms with Gasteiger partial charge in [0.1, 0.15) is 5.75 Å². The van der Waals surface area contributed by atoms with E-state index in [4.69, 9.17) is 9.15 Å². The van der Waals surface area contributed by atoms with Crippen LogP contribution in [0.1, 0.15) is 21.0 Å². The highest BCUT2D eigenvalue weighted by Gasteiger charge is 2.28. The van der Waals surface area contributed by atoms with Crippen molar-refractivity contribution >= 4 is 11.9 Å². The minimum Gasteiger partial charge on any atom is -0.496 e. The predicted molar refractivity (Wildman–Crippen MR) is 71.2 cm³/mol. The van der Waals surface area contributed by atoms with Crippen molar-refractivity contribution in [2.75, 3.05) is 21.3 Å². The Morgan fingerprint density at radius 2 is 1.71 bits per heavy atom. The Labute approximate surface area is 120 Å². The molecule has 2 rings (SSSR count). The fourth-order valence-electron chi connectivity index (χ4n) is 1.72. The fraction of sp³-hybridized carbons (Fsp3) is 0.214. The molecular weight excluding hydrogens is 278 g/mol. The first-order valence-electron chi connectivity index (χ1n) is 5.93. The zero-order valence-corrected chi connectivity index (χ0v) is 11.7. The predicted octanol–water partition coefficient (Wildman–Crippen LogP) is 1.92. The Morgan fingerprint density at radius 3 is 2.33 bits per heavy atom. The number of ether oxygens (including phenoxy) is 3. The number of nitrogens with zero attached hydrogens (tertiary/aromatic N) is 1. The second kappa shape index (κ2) is 6.08. The number of esters is 2. The number of carbonyl (C=O) groups excluding carboxylic acids is 2. The minimum absolute atomic E-state index is 0.0632. The molecule has 0 saturated carbocycles. The lowest BCUT2D eigenvalue weighted by molar-refractivity contribution is 0.0527. The SMILES string of the molecule is COC(=O)c1nc(-c2ccccc2OC)oc1C(=O)OC. The van der Waals surface area contributed by atoms with E-state index in [9.17, 15) is 9.59 Å². The van der Waals surface area contributed by atoms with Crippen LogP contribution in [0.3, 0.4) is 0 Å². The standard InChI is InChI=1S/C14H13NO6/c1-18-9-7-5-4-6-8(9)12-15-10(13(16)19-2)11(21-12)14(17)20-3/h4-7H,1-3H3. The van der Waals surface area contributed by atoms with E-state index in [1.807, 2.05) is 0 Å². The first-order chi connectivity index (χ1) is 10.1. The summed E-state index contributed by atoms with van der Waals surface area (Å²) in [5.41, 5.74) is 0.255. The summed E-state index contributed by atoms with van der Waals surface area (Å²) in [6, 6.07) is 6.91. The minimum atomic E-state index is -0.816. The molecule has 0 radical (unpaired) electrons. The Kier molecular flexibility index (Phi) is 4.22. The second-order valence-electron chi connectivity index (χ2n) is 3.88. The van der Waals surface area contributed by atoms with Crippen LogP contribution in [0, 0.1) is 0 Å². The molecule has 1 heterocycles. The molecule has 1 aromatic carbocycles. The van der Waals surface area contributed by atoms with E-state index in [1.54, 1.807) is 24.3 Å². The lowest BCUT2D eigenvalue weighted by atomic mass is 10.2. The number of benzene rings is 1. The van der Waals surface area contributed by atoms with Crippen LogP contribution in [0.25, 0.3) is 11.5 Å². The van der Waals surface area contributed by atoms with Crippen molar-refractivity contribution in [2.45, 2.75) is 0 Å². The third-order valence-electron chi connectivity index (χ3n) is 2.71. The van der Waals surface area contributed by atoms with Gasteiger partial charge in [-0.15, -0.1) is 0 Å². The highest BCUT2D eigenvalue weighted by molar-refractivity contribution is 6.00.